The van der Waals surface area contributed by atoms with Crippen LogP contribution in [0.5, 0.6) is 23.0 Å². The Morgan fingerprint density at radius 1 is 0.766 bits per heavy atom. The van der Waals surface area contributed by atoms with Gasteiger partial charge in [0.05, 0.1) is 74.7 Å². The van der Waals surface area contributed by atoms with Crippen molar-refractivity contribution in [2.75, 3.05) is 53.7 Å². The number of likely N-dealkylation sites (tertiary alicyclic amines) is 2. The lowest BCUT2D eigenvalue weighted by molar-refractivity contribution is -0.385. The van der Waals surface area contributed by atoms with Crippen LogP contribution in [0.3, 0.4) is 0 Å². The smallest absolute Gasteiger partial charge is 0.286 e. The highest BCUT2D eigenvalue weighted by molar-refractivity contribution is 6.00. The van der Waals surface area contributed by atoms with Gasteiger partial charge in [-0.2, -0.15) is 0 Å². The molecule has 47 heavy (non-hydrogen) atoms. The fourth-order valence-corrected chi connectivity index (χ4v) is 5.58. The number of aliphatic hydroxyl groups is 2. The molecular formula is C31H36N4O12. The monoisotopic (exact) mass is 656 g/mol. The summed E-state index contributed by atoms with van der Waals surface area (Å²) in [4.78, 5) is 51.6. The standard InChI is InChI=1S/C31H36N4O12/c1-18-8-20(16-36)32(14-18)30(38)22-10-26(44-3)28(12-24(22)34(40)41)46-6-5-7-47-29-13-25(35(42)43)23(11-27(29)45-4)31(39)33-15-19(2)9-21(33)17-37/h10-13,20-21,36-37H,1-2,5-9,14-17H2,3-4H3/t20-,21?/m0/s1. The number of carbonyl (C=O) groups is 2. The molecule has 2 aliphatic heterocycles. The molecule has 0 bridgehead atoms. The van der Waals surface area contributed by atoms with E-state index < -0.39 is 45.1 Å². The molecule has 2 saturated heterocycles. The van der Waals surface area contributed by atoms with E-state index >= 15 is 0 Å². The second kappa shape index (κ2) is 14.9. The van der Waals surface area contributed by atoms with Gasteiger partial charge in [-0.1, -0.05) is 24.3 Å². The molecule has 2 heterocycles. The van der Waals surface area contributed by atoms with E-state index in [2.05, 4.69) is 13.2 Å². The van der Waals surface area contributed by atoms with Crippen LogP contribution in [-0.4, -0.2) is 107 Å². The number of nitrogens with zero attached hydrogens (tertiary/aromatic N) is 4. The molecule has 2 atom stereocenters. The number of nitro groups is 2. The maximum atomic E-state index is 13.3. The highest BCUT2D eigenvalue weighted by atomic mass is 16.6. The van der Waals surface area contributed by atoms with Crippen LogP contribution in [-0.2, 0) is 0 Å². The van der Waals surface area contributed by atoms with Crippen LogP contribution in [0.15, 0.2) is 48.6 Å². The lowest BCUT2D eigenvalue weighted by atomic mass is 10.1. The number of rotatable bonds is 14. The van der Waals surface area contributed by atoms with Crippen molar-refractivity contribution in [2.24, 2.45) is 0 Å². The highest BCUT2D eigenvalue weighted by Crippen LogP contribution is 2.38. The zero-order valence-electron chi connectivity index (χ0n) is 26.0. The average molecular weight is 657 g/mol. The molecule has 0 aromatic heterocycles. The molecule has 0 spiro atoms. The Labute approximate surface area is 269 Å². The summed E-state index contributed by atoms with van der Waals surface area (Å²) in [7, 11) is 2.63. The van der Waals surface area contributed by atoms with Crippen molar-refractivity contribution in [1.29, 1.82) is 0 Å². The Balaban J connectivity index is 1.46. The molecule has 2 N–H and O–H groups in total. The number of hydrogen-bond donors (Lipinski definition) is 2. The summed E-state index contributed by atoms with van der Waals surface area (Å²) in [5.41, 5.74) is -0.0369. The first-order valence-corrected chi connectivity index (χ1v) is 14.6. The zero-order chi connectivity index (χ0) is 34.4. The molecule has 0 radical (unpaired) electrons. The number of ether oxygens (including phenoxy) is 4. The average Bonchev–Trinajstić information content (AvgIpc) is 3.64. The number of methoxy groups -OCH3 is 2. The van der Waals surface area contributed by atoms with Crippen LogP contribution in [0, 0.1) is 20.2 Å². The van der Waals surface area contributed by atoms with E-state index in [4.69, 9.17) is 18.9 Å². The fraction of sp³-hybridized carbons (Fsp3) is 0.419. The molecule has 16 nitrogen and oxygen atoms in total. The highest BCUT2D eigenvalue weighted by Gasteiger charge is 2.37. The summed E-state index contributed by atoms with van der Waals surface area (Å²) in [5, 5.41) is 43.2. The topological polar surface area (TPSA) is 204 Å². The Kier molecular flexibility index (Phi) is 11.0. The summed E-state index contributed by atoms with van der Waals surface area (Å²) < 4.78 is 22.1. The van der Waals surface area contributed by atoms with E-state index in [1.54, 1.807) is 0 Å². The van der Waals surface area contributed by atoms with E-state index in [1.807, 2.05) is 0 Å². The number of amides is 2. The molecule has 2 aromatic carbocycles. The molecular weight excluding hydrogens is 620 g/mol. The molecule has 0 aliphatic carbocycles. The van der Waals surface area contributed by atoms with Crippen LogP contribution in [0.1, 0.15) is 40.0 Å². The number of nitro benzene ring substituents is 2. The van der Waals surface area contributed by atoms with Crippen molar-refractivity contribution < 1.29 is 48.6 Å². The quantitative estimate of drug-likeness (QED) is 0.130. The molecule has 4 rings (SSSR count). The fourth-order valence-electron chi connectivity index (χ4n) is 5.58. The minimum Gasteiger partial charge on any atom is -0.493 e. The molecule has 1 unspecified atom stereocenters. The molecule has 2 aromatic rings. The van der Waals surface area contributed by atoms with Crippen LogP contribution in [0.4, 0.5) is 11.4 Å². The Hall–Kier alpha value is -5.22. The Bertz CT molecular complexity index is 1480. The second-order valence-electron chi connectivity index (χ2n) is 11.1. The maximum Gasteiger partial charge on any atom is 0.286 e. The second-order valence-corrected chi connectivity index (χ2v) is 11.1. The molecule has 0 saturated carbocycles. The molecule has 2 amide bonds. The largest absolute Gasteiger partial charge is 0.493 e. The van der Waals surface area contributed by atoms with E-state index in [-0.39, 0.29) is 80.1 Å². The number of carbonyl (C=O) groups excluding carboxylic acids is 2. The van der Waals surface area contributed by atoms with Crippen LogP contribution in [0.2, 0.25) is 0 Å². The Morgan fingerprint density at radius 3 is 1.47 bits per heavy atom. The summed E-state index contributed by atoms with van der Waals surface area (Å²) in [6.07, 6.45) is 0.980. The van der Waals surface area contributed by atoms with E-state index in [1.165, 1.54) is 36.2 Å². The van der Waals surface area contributed by atoms with Crippen molar-refractivity contribution in [3.8, 4) is 23.0 Å². The predicted octanol–water partition coefficient (Wildman–Crippen LogP) is 2.89. The van der Waals surface area contributed by atoms with E-state index in [0.717, 1.165) is 23.3 Å². The number of hydrogen-bond acceptors (Lipinski definition) is 12. The minimum absolute atomic E-state index is 0.00199. The van der Waals surface area contributed by atoms with Gasteiger partial charge in [-0.25, -0.2) is 0 Å². The SMILES string of the molecule is C=C1CC(CO)N(C(=O)c2cc(OC)c(OCCCOc3cc([N+](=O)[O-])c(C(=O)N4CC(=C)C[C@H]4CO)cc3OC)cc2[N+](=O)[O-])C1. The first kappa shape index (κ1) is 34.6. The predicted molar refractivity (Wildman–Crippen MR) is 166 cm³/mol. The van der Waals surface area contributed by atoms with Crippen LogP contribution < -0.4 is 18.9 Å². The zero-order valence-corrected chi connectivity index (χ0v) is 26.0. The summed E-state index contributed by atoms with van der Waals surface area (Å²) in [6, 6.07) is 3.52. The molecule has 252 valence electrons. The first-order valence-electron chi connectivity index (χ1n) is 14.6. The van der Waals surface area contributed by atoms with Gasteiger partial charge in [0.15, 0.2) is 23.0 Å². The third-order valence-corrected chi connectivity index (χ3v) is 7.88. The van der Waals surface area contributed by atoms with Crippen molar-refractivity contribution >= 4 is 23.2 Å². The van der Waals surface area contributed by atoms with Crippen molar-refractivity contribution in [1.82, 2.24) is 9.80 Å². The summed E-state index contributed by atoms with van der Waals surface area (Å²) >= 11 is 0. The van der Waals surface area contributed by atoms with Gasteiger partial charge in [0.1, 0.15) is 11.1 Å². The Morgan fingerprint density at radius 2 is 1.15 bits per heavy atom. The maximum absolute atomic E-state index is 13.3. The molecule has 2 aliphatic rings. The number of aliphatic hydroxyl groups excluding tert-OH is 2. The van der Waals surface area contributed by atoms with Gasteiger partial charge < -0.3 is 39.0 Å². The minimum atomic E-state index is -0.709. The molecule has 16 heteroatoms. The van der Waals surface area contributed by atoms with Gasteiger partial charge in [0.2, 0.25) is 0 Å². The lowest BCUT2D eigenvalue weighted by Crippen LogP contribution is -2.38. The summed E-state index contributed by atoms with van der Waals surface area (Å²) in [6.45, 7) is 7.33. The van der Waals surface area contributed by atoms with Crippen LogP contribution >= 0.6 is 0 Å². The molecule has 2 fully saturated rings. The van der Waals surface area contributed by atoms with Gasteiger partial charge in [0, 0.05) is 31.6 Å². The van der Waals surface area contributed by atoms with Gasteiger partial charge in [-0.3, -0.25) is 29.8 Å². The number of benzene rings is 2. The van der Waals surface area contributed by atoms with Gasteiger partial charge >= 0.3 is 0 Å². The first-order chi connectivity index (χ1) is 22.4. The van der Waals surface area contributed by atoms with Crippen LogP contribution in [0.25, 0.3) is 0 Å². The summed E-state index contributed by atoms with van der Waals surface area (Å²) in [5.74, 6) is -1.16. The van der Waals surface area contributed by atoms with E-state index in [9.17, 15) is 40.0 Å². The normalized spacial score (nSPS) is 17.5. The lowest BCUT2D eigenvalue weighted by Gasteiger charge is -2.23. The van der Waals surface area contributed by atoms with Gasteiger partial charge in [0.25, 0.3) is 23.2 Å². The van der Waals surface area contributed by atoms with E-state index in [0.29, 0.717) is 12.8 Å². The van der Waals surface area contributed by atoms with Crippen molar-refractivity contribution in [3.05, 3.63) is 79.9 Å². The van der Waals surface area contributed by atoms with Gasteiger partial charge in [-0.15, -0.1) is 0 Å². The third kappa shape index (κ3) is 7.44. The third-order valence-electron chi connectivity index (χ3n) is 7.88. The van der Waals surface area contributed by atoms with Crippen molar-refractivity contribution in [3.63, 3.8) is 0 Å². The van der Waals surface area contributed by atoms with Gasteiger partial charge in [-0.05, 0) is 12.8 Å². The van der Waals surface area contributed by atoms with Crippen molar-refractivity contribution in [2.45, 2.75) is 31.3 Å².